The largest absolute Gasteiger partial charge is 0.548 e. The summed E-state index contributed by atoms with van der Waals surface area (Å²) in [7, 11) is -4.12. The van der Waals surface area contributed by atoms with Crippen LogP contribution in [0.4, 0.5) is 5.69 Å². The second-order valence-corrected chi connectivity index (χ2v) is 9.24. The van der Waals surface area contributed by atoms with Crippen molar-refractivity contribution >= 4 is 33.5 Å². The summed E-state index contributed by atoms with van der Waals surface area (Å²) in [4.78, 5) is 39.2. The number of rotatable bonds is 9. The third kappa shape index (κ3) is 6.38. The van der Waals surface area contributed by atoms with Gasteiger partial charge in [-0.1, -0.05) is 18.2 Å². The molecule has 1 fully saturated rings. The van der Waals surface area contributed by atoms with Crippen LogP contribution in [0.2, 0.25) is 0 Å². The number of carbonyl (C=O) groups is 3. The molecule has 2 amide bonds. The first-order valence-electron chi connectivity index (χ1n) is 10.3. The summed E-state index contributed by atoms with van der Waals surface area (Å²) in [6, 6.07) is 14.1. The van der Waals surface area contributed by atoms with Gasteiger partial charge in [0.05, 0.1) is 41.6 Å². The van der Waals surface area contributed by atoms with E-state index in [4.69, 9.17) is 5.26 Å². The normalized spacial score (nSPS) is 15.4. The lowest BCUT2D eigenvalue weighted by Crippen LogP contribution is -2.56. The van der Waals surface area contributed by atoms with Crippen molar-refractivity contribution in [3.05, 3.63) is 60.2 Å². The van der Waals surface area contributed by atoms with E-state index in [-0.39, 0.29) is 23.9 Å². The smallest absolute Gasteiger partial charge is 0.241 e. The number of anilines is 1. The predicted molar refractivity (Wildman–Crippen MR) is 119 cm³/mol. The third-order valence-electron chi connectivity index (χ3n) is 5.11. The van der Waals surface area contributed by atoms with Crippen LogP contribution in [-0.4, -0.2) is 69.9 Å². The summed E-state index contributed by atoms with van der Waals surface area (Å²) < 4.78 is 26.7. The quantitative estimate of drug-likeness (QED) is 0.431. The van der Waals surface area contributed by atoms with E-state index in [0.717, 1.165) is 0 Å². The zero-order valence-electron chi connectivity index (χ0n) is 18.0. The van der Waals surface area contributed by atoms with Gasteiger partial charge in [-0.3, -0.25) is 14.5 Å². The Morgan fingerprint density at radius 2 is 1.76 bits per heavy atom. The van der Waals surface area contributed by atoms with Gasteiger partial charge in [-0.05, 0) is 36.4 Å². The van der Waals surface area contributed by atoms with Crippen molar-refractivity contribution in [2.24, 2.45) is 0 Å². The number of carboxylic acid groups (broad SMARTS) is 1. The van der Waals surface area contributed by atoms with Gasteiger partial charge in [-0.15, -0.1) is 0 Å². The Balaban J connectivity index is 1.51. The maximum atomic E-state index is 12.5. The number of piperazine rings is 1. The highest BCUT2D eigenvalue weighted by Gasteiger charge is 2.27. The summed E-state index contributed by atoms with van der Waals surface area (Å²) >= 11 is 0. The van der Waals surface area contributed by atoms with Crippen molar-refractivity contribution in [3.8, 4) is 6.07 Å². The molecule has 1 saturated heterocycles. The van der Waals surface area contributed by atoms with Gasteiger partial charge in [-0.2, -0.15) is 5.26 Å². The number of carboxylic acids is 1. The minimum absolute atomic E-state index is 0.0298. The number of nitriles is 1. The van der Waals surface area contributed by atoms with Crippen LogP contribution in [0.3, 0.4) is 0 Å². The van der Waals surface area contributed by atoms with E-state index in [0.29, 0.717) is 24.3 Å². The Hall–Kier alpha value is -3.79. The molecule has 0 spiro atoms. The molecule has 3 rings (SSSR count). The zero-order chi connectivity index (χ0) is 24.7. The first kappa shape index (κ1) is 24.8. The Kier molecular flexibility index (Phi) is 7.95. The monoisotopic (exact) mass is 484 g/mol. The topological polar surface area (TPSA) is 163 Å². The van der Waals surface area contributed by atoms with Gasteiger partial charge >= 0.3 is 0 Å². The van der Waals surface area contributed by atoms with Crippen molar-refractivity contribution in [2.45, 2.75) is 10.9 Å². The van der Waals surface area contributed by atoms with E-state index in [1.165, 1.54) is 24.3 Å². The van der Waals surface area contributed by atoms with E-state index >= 15 is 0 Å². The van der Waals surface area contributed by atoms with Crippen LogP contribution >= 0.6 is 0 Å². The van der Waals surface area contributed by atoms with Crippen LogP contribution in [0.25, 0.3) is 0 Å². The molecule has 2 N–H and O–H groups in total. The molecule has 0 aliphatic carbocycles. The molecule has 11 nitrogen and oxygen atoms in total. The third-order valence-corrected chi connectivity index (χ3v) is 6.60. The summed E-state index contributed by atoms with van der Waals surface area (Å²) in [5.41, 5.74) is 1.13. The Bertz CT molecular complexity index is 1190. The van der Waals surface area contributed by atoms with E-state index in [1.54, 1.807) is 40.1 Å². The maximum absolute atomic E-state index is 12.5. The molecule has 2 aromatic rings. The van der Waals surface area contributed by atoms with Crippen LogP contribution in [-0.2, 0) is 24.4 Å². The molecular weight excluding hydrogens is 462 g/mol. The van der Waals surface area contributed by atoms with E-state index in [2.05, 4.69) is 5.32 Å². The van der Waals surface area contributed by atoms with Gasteiger partial charge in [0, 0.05) is 25.3 Å². The first-order chi connectivity index (χ1) is 16.2. The lowest BCUT2D eigenvalue weighted by molar-refractivity contribution is -0.307. The molecule has 1 aliphatic heterocycles. The Morgan fingerprint density at radius 1 is 1.09 bits per heavy atom. The molecule has 1 heterocycles. The second-order valence-electron chi connectivity index (χ2n) is 7.52. The molecule has 0 aromatic heterocycles. The molecule has 2 aromatic carbocycles. The summed E-state index contributed by atoms with van der Waals surface area (Å²) in [5, 5.41) is 22.7. The van der Waals surface area contributed by atoms with E-state index < -0.39 is 34.5 Å². The van der Waals surface area contributed by atoms with Crippen molar-refractivity contribution in [1.82, 2.24) is 14.9 Å². The minimum atomic E-state index is -4.12. The fourth-order valence-corrected chi connectivity index (χ4v) is 4.55. The number of sulfonamides is 1. The molecule has 1 atom stereocenters. The minimum Gasteiger partial charge on any atom is -0.548 e. The summed E-state index contributed by atoms with van der Waals surface area (Å²) in [5.74, 6) is -2.48. The van der Waals surface area contributed by atoms with Gasteiger partial charge in [0.1, 0.15) is 0 Å². The number of aliphatic carboxylic acids is 1. The SMILES string of the molecule is N#Cc1ccc(N2CCN(CC(=O)NCC(NS(=O)(=O)c3ccccc3)C(=O)[O-])CC2=O)cc1. The molecule has 1 unspecified atom stereocenters. The highest BCUT2D eigenvalue weighted by atomic mass is 32.2. The van der Waals surface area contributed by atoms with Crippen molar-refractivity contribution in [3.63, 3.8) is 0 Å². The van der Waals surface area contributed by atoms with Crippen LogP contribution in [0, 0.1) is 11.3 Å². The van der Waals surface area contributed by atoms with Gasteiger partial charge in [0.15, 0.2) is 0 Å². The number of nitrogens with one attached hydrogen (secondary N) is 2. The van der Waals surface area contributed by atoms with Crippen molar-refractivity contribution in [2.75, 3.05) is 37.6 Å². The van der Waals surface area contributed by atoms with E-state index in [1.807, 2.05) is 10.8 Å². The molecule has 0 bridgehead atoms. The van der Waals surface area contributed by atoms with Crippen molar-refractivity contribution in [1.29, 1.82) is 5.26 Å². The highest BCUT2D eigenvalue weighted by Crippen LogP contribution is 2.18. The lowest BCUT2D eigenvalue weighted by atomic mass is 10.2. The van der Waals surface area contributed by atoms with Gasteiger partial charge < -0.3 is 20.1 Å². The standard InChI is InChI=1S/C22H23N5O6S/c23-12-16-6-8-17(9-7-16)27-11-10-26(15-21(27)29)14-20(28)24-13-19(22(30)31)25-34(32,33)18-4-2-1-3-5-18/h1-9,19,25H,10-11,13-15H2,(H,24,28)(H,30,31)/p-1. The average molecular weight is 485 g/mol. The number of hydrogen-bond acceptors (Lipinski definition) is 8. The number of nitrogens with zero attached hydrogens (tertiary/aromatic N) is 3. The molecule has 34 heavy (non-hydrogen) atoms. The number of carbonyl (C=O) groups excluding carboxylic acids is 3. The highest BCUT2D eigenvalue weighted by molar-refractivity contribution is 7.89. The maximum Gasteiger partial charge on any atom is 0.241 e. The van der Waals surface area contributed by atoms with Gasteiger partial charge in [-0.25, -0.2) is 13.1 Å². The van der Waals surface area contributed by atoms with E-state index in [9.17, 15) is 27.9 Å². The van der Waals surface area contributed by atoms with Crippen LogP contribution in [0.15, 0.2) is 59.5 Å². The zero-order valence-corrected chi connectivity index (χ0v) is 18.8. The predicted octanol–water partition coefficient (Wildman–Crippen LogP) is -1.58. The number of hydrogen-bond donors (Lipinski definition) is 2. The molecule has 0 saturated carbocycles. The van der Waals surface area contributed by atoms with Gasteiger partial charge in [0.2, 0.25) is 21.8 Å². The molecule has 12 heteroatoms. The number of amides is 2. The summed E-state index contributed by atoms with van der Waals surface area (Å²) in [6.07, 6.45) is 0. The van der Waals surface area contributed by atoms with Crippen LogP contribution in [0.5, 0.6) is 0 Å². The Labute approximate surface area is 196 Å². The van der Waals surface area contributed by atoms with Crippen LogP contribution in [0.1, 0.15) is 5.56 Å². The molecule has 178 valence electrons. The average Bonchev–Trinajstić information content (AvgIpc) is 2.82. The molecule has 0 radical (unpaired) electrons. The van der Waals surface area contributed by atoms with Gasteiger partial charge in [0.25, 0.3) is 0 Å². The first-order valence-corrected chi connectivity index (χ1v) is 11.8. The molecule has 1 aliphatic rings. The second kappa shape index (κ2) is 10.9. The fourth-order valence-electron chi connectivity index (χ4n) is 3.35. The Morgan fingerprint density at radius 3 is 2.35 bits per heavy atom. The number of benzene rings is 2. The lowest BCUT2D eigenvalue weighted by Gasteiger charge is -2.34. The van der Waals surface area contributed by atoms with Crippen LogP contribution < -0.4 is 20.0 Å². The fraction of sp³-hybridized carbons (Fsp3) is 0.273. The molecular formula is C22H22N5O6S-. The summed E-state index contributed by atoms with van der Waals surface area (Å²) in [6.45, 7) is 0.00276. The van der Waals surface area contributed by atoms with Crippen molar-refractivity contribution < 1.29 is 27.9 Å².